The maximum atomic E-state index is 5.20. The molecule has 0 aromatic heterocycles. The van der Waals surface area contributed by atoms with Crippen molar-refractivity contribution in [3.8, 4) is 0 Å². The topological polar surface area (TPSA) is 26.0 Å². The van der Waals surface area contributed by atoms with E-state index in [0.717, 1.165) is 6.54 Å². The van der Waals surface area contributed by atoms with Crippen molar-refractivity contribution in [2.45, 2.75) is 6.42 Å². The SMILES string of the molecule is C=ICCCN. The average Bonchev–Trinajstić information content (AvgIpc) is 1.61. The Kier molecular flexibility index (Phi) is 6.08. The van der Waals surface area contributed by atoms with Crippen molar-refractivity contribution in [2.24, 2.45) is 5.73 Å². The molecule has 0 aliphatic carbocycles. The minimum Gasteiger partial charge on any atom is -0.330 e. The van der Waals surface area contributed by atoms with Crippen molar-refractivity contribution in [3.63, 3.8) is 0 Å². The van der Waals surface area contributed by atoms with E-state index in [0.29, 0.717) is 0 Å². The number of hydrogen-bond donors (Lipinski definition) is 1. The van der Waals surface area contributed by atoms with Crippen molar-refractivity contribution in [1.29, 1.82) is 0 Å². The molecule has 0 unspecified atom stereocenters. The molecule has 0 aromatic carbocycles. The summed E-state index contributed by atoms with van der Waals surface area (Å²) < 4.78 is 5.06. The molecule has 0 aromatic rings. The Morgan fingerprint density at radius 3 is 2.50 bits per heavy atom. The van der Waals surface area contributed by atoms with E-state index in [1.165, 1.54) is 10.8 Å². The summed E-state index contributed by atoms with van der Waals surface area (Å²) in [6.07, 6.45) is 1.18. The molecule has 38 valence electrons. The van der Waals surface area contributed by atoms with Crippen LogP contribution in [0.25, 0.3) is 0 Å². The predicted molar refractivity (Wildman–Crippen MR) is 39.7 cm³/mol. The van der Waals surface area contributed by atoms with Crippen molar-refractivity contribution in [3.05, 3.63) is 0 Å². The van der Waals surface area contributed by atoms with Gasteiger partial charge in [0.25, 0.3) is 0 Å². The summed E-state index contributed by atoms with van der Waals surface area (Å²) in [6, 6.07) is 0. The first kappa shape index (κ1) is 6.56. The first-order valence-electron chi connectivity index (χ1n) is 1.94. The fraction of sp³-hybridized carbons (Fsp3) is 0.750. The number of hydrogen-bond acceptors (Lipinski definition) is 1. The van der Waals surface area contributed by atoms with E-state index in [1.807, 2.05) is 0 Å². The third kappa shape index (κ3) is 4.56. The van der Waals surface area contributed by atoms with E-state index in [9.17, 15) is 0 Å². The van der Waals surface area contributed by atoms with Crippen LogP contribution in [0.1, 0.15) is 6.42 Å². The Labute approximate surface area is 48.7 Å². The fourth-order valence-corrected chi connectivity index (χ4v) is 1.15. The molecular formula is C4H10IN. The summed E-state index contributed by atoms with van der Waals surface area (Å²) in [7, 11) is 0. The first-order chi connectivity index (χ1) is 2.91. The maximum Gasteiger partial charge on any atom is -0.00456 e. The second-order valence-corrected chi connectivity index (χ2v) is 3.18. The monoisotopic (exact) mass is 199 g/mol. The largest absolute Gasteiger partial charge is 0.330 e. The van der Waals surface area contributed by atoms with Gasteiger partial charge in [-0.1, -0.05) is 4.51 Å². The molecule has 0 saturated carbocycles. The van der Waals surface area contributed by atoms with Gasteiger partial charge in [-0.3, -0.25) is 0 Å². The first-order valence-corrected chi connectivity index (χ1v) is 4.99. The molecule has 0 rings (SSSR count). The third-order valence-corrected chi connectivity index (χ3v) is 2.00. The quantitative estimate of drug-likeness (QED) is 0.405. The van der Waals surface area contributed by atoms with Gasteiger partial charge in [0, 0.05) is 0 Å². The van der Waals surface area contributed by atoms with Gasteiger partial charge in [-0.15, -0.1) is 20.7 Å². The van der Waals surface area contributed by atoms with Crippen LogP contribution in [0.3, 0.4) is 0 Å². The van der Waals surface area contributed by atoms with E-state index in [1.54, 1.807) is 0 Å². The molecule has 0 spiro atoms. The summed E-state index contributed by atoms with van der Waals surface area (Å²) >= 11 is 0.271. The highest BCUT2D eigenvalue weighted by molar-refractivity contribution is 14.2. The second kappa shape index (κ2) is 5.56. The highest BCUT2D eigenvalue weighted by Gasteiger charge is 1.71. The molecule has 0 aliphatic heterocycles. The third-order valence-electron chi connectivity index (χ3n) is 0.471. The van der Waals surface area contributed by atoms with Gasteiger partial charge in [-0.25, -0.2) is 0 Å². The molecule has 0 amide bonds. The summed E-state index contributed by atoms with van der Waals surface area (Å²) in [6.45, 7) is 0.842. The van der Waals surface area contributed by atoms with Crippen molar-refractivity contribution in [1.82, 2.24) is 0 Å². The lowest BCUT2D eigenvalue weighted by molar-refractivity contribution is 0.955. The molecule has 6 heavy (non-hydrogen) atoms. The van der Waals surface area contributed by atoms with Crippen LogP contribution in [-0.4, -0.2) is 15.5 Å². The number of alkyl halides is 1. The average molecular weight is 199 g/mol. The lowest BCUT2D eigenvalue weighted by Crippen LogP contribution is -1.97. The minimum absolute atomic E-state index is 0.271. The normalized spacial score (nSPS) is 8.83. The van der Waals surface area contributed by atoms with Crippen LogP contribution in [0, 0.1) is 0 Å². The van der Waals surface area contributed by atoms with E-state index >= 15 is 0 Å². The van der Waals surface area contributed by atoms with Gasteiger partial charge in [0.2, 0.25) is 0 Å². The molecule has 0 saturated heterocycles. The van der Waals surface area contributed by atoms with Crippen LogP contribution in [0.5, 0.6) is 0 Å². The van der Waals surface area contributed by atoms with Crippen LogP contribution in [-0.2, 0) is 0 Å². The Balaban J connectivity index is 2.49. The van der Waals surface area contributed by atoms with E-state index in [-0.39, 0.29) is 20.7 Å². The Hall–Kier alpha value is 0.560. The standard InChI is InChI=1S/C4H10IN/c1-5-3-2-4-6/h1-4,6H2. The Bertz CT molecular complexity index is 36.5. The highest BCUT2D eigenvalue weighted by atomic mass is 127. The minimum atomic E-state index is 0.271. The Morgan fingerprint density at radius 2 is 2.33 bits per heavy atom. The summed E-state index contributed by atoms with van der Waals surface area (Å²) in [5, 5.41) is 0. The van der Waals surface area contributed by atoms with Crippen LogP contribution in [0.2, 0.25) is 0 Å². The van der Waals surface area contributed by atoms with Crippen LogP contribution < -0.4 is 5.73 Å². The lowest BCUT2D eigenvalue weighted by atomic mass is 10.5. The molecule has 0 heterocycles. The zero-order valence-electron chi connectivity index (χ0n) is 3.78. The molecule has 0 radical (unpaired) electrons. The fourth-order valence-electron chi connectivity index (χ4n) is 0.172. The predicted octanol–water partition coefficient (Wildman–Crippen LogP) is 0.738. The molecule has 0 atom stereocenters. The highest BCUT2D eigenvalue weighted by Crippen LogP contribution is 1.91. The van der Waals surface area contributed by atoms with E-state index < -0.39 is 0 Å². The van der Waals surface area contributed by atoms with E-state index in [2.05, 4.69) is 4.51 Å². The lowest BCUT2D eigenvalue weighted by Gasteiger charge is -1.82. The van der Waals surface area contributed by atoms with Gasteiger partial charge in [0.15, 0.2) is 0 Å². The van der Waals surface area contributed by atoms with Crippen LogP contribution >= 0.6 is 20.7 Å². The molecule has 2 heteroatoms. The molecule has 1 nitrogen and oxygen atoms in total. The summed E-state index contributed by atoms with van der Waals surface area (Å²) in [5.74, 6) is 0. The zero-order chi connectivity index (χ0) is 4.83. The van der Waals surface area contributed by atoms with Gasteiger partial charge < -0.3 is 5.73 Å². The maximum absolute atomic E-state index is 5.20. The van der Waals surface area contributed by atoms with Gasteiger partial charge in [-0.2, -0.15) is 0 Å². The van der Waals surface area contributed by atoms with Crippen molar-refractivity contribution < 1.29 is 0 Å². The number of halogens is 1. The summed E-state index contributed by atoms with van der Waals surface area (Å²) in [4.78, 5) is 0. The van der Waals surface area contributed by atoms with Crippen LogP contribution in [0.4, 0.5) is 0 Å². The van der Waals surface area contributed by atoms with Crippen LogP contribution in [0.15, 0.2) is 0 Å². The van der Waals surface area contributed by atoms with Crippen molar-refractivity contribution in [2.75, 3.05) is 11.0 Å². The molecule has 0 fully saturated rings. The smallest absolute Gasteiger partial charge is 0.00456 e. The second-order valence-electron chi connectivity index (χ2n) is 1.02. The van der Waals surface area contributed by atoms with Crippen molar-refractivity contribution >= 4 is 25.2 Å². The molecule has 0 bridgehead atoms. The molecule has 2 N–H and O–H groups in total. The van der Waals surface area contributed by atoms with Gasteiger partial charge in [-0.05, 0) is 17.4 Å². The molecular weight excluding hydrogens is 189 g/mol. The van der Waals surface area contributed by atoms with Gasteiger partial charge in [0.05, 0.1) is 0 Å². The van der Waals surface area contributed by atoms with Gasteiger partial charge in [0.1, 0.15) is 0 Å². The molecule has 0 aliphatic rings. The number of rotatable bonds is 3. The van der Waals surface area contributed by atoms with E-state index in [4.69, 9.17) is 5.73 Å². The zero-order valence-corrected chi connectivity index (χ0v) is 5.94. The van der Waals surface area contributed by atoms with Gasteiger partial charge >= 0.3 is 0 Å². The Morgan fingerprint density at radius 1 is 1.67 bits per heavy atom. The number of nitrogens with two attached hydrogens (primary N) is 1. The summed E-state index contributed by atoms with van der Waals surface area (Å²) in [5.41, 5.74) is 5.20.